The standard InChI is InChI=1S/C16H33NS/c1-6-18-12-11-16(13-17-5)9-7-14(8-10-16)15(2,3)4/h14,17H,6-13H2,1-5H3. The number of nitrogens with one attached hydrogen (secondary N) is 1. The highest BCUT2D eigenvalue weighted by molar-refractivity contribution is 7.99. The molecule has 0 aromatic rings. The molecule has 1 aliphatic carbocycles. The van der Waals surface area contributed by atoms with Crippen LogP contribution >= 0.6 is 11.8 Å². The van der Waals surface area contributed by atoms with Gasteiger partial charge in [0.2, 0.25) is 0 Å². The van der Waals surface area contributed by atoms with Crippen molar-refractivity contribution in [2.45, 2.75) is 59.8 Å². The molecule has 0 aromatic heterocycles. The first-order chi connectivity index (χ1) is 8.43. The summed E-state index contributed by atoms with van der Waals surface area (Å²) < 4.78 is 0. The lowest BCUT2D eigenvalue weighted by Crippen LogP contribution is -2.39. The van der Waals surface area contributed by atoms with Crippen molar-refractivity contribution < 1.29 is 0 Å². The molecule has 0 amide bonds. The summed E-state index contributed by atoms with van der Waals surface area (Å²) >= 11 is 2.10. The molecule has 108 valence electrons. The van der Waals surface area contributed by atoms with Crippen LogP contribution in [0.4, 0.5) is 0 Å². The van der Waals surface area contributed by atoms with Gasteiger partial charge in [0.05, 0.1) is 0 Å². The van der Waals surface area contributed by atoms with Gasteiger partial charge in [-0.05, 0) is 67.4 Å². The van der Waals surface area contributed by atoms with Gasteiger partial charge in [0.1, 0.15) is 0 Å². The lowest BCUT2D eigenvalue weighted by molar-refractivity contribution is 0.0856. The minimum atomic E-state index is 0.504. The fourth-order valence-electron chi connectivity index (χ4n) is 3.42. The Labute approximate surface area is 119 Å². The molecule has 1 fully saturated rings. The molecule has 1 aliphatic rings. The van der Waals surface area contributed by atoms with E-state index in [2.05, 4.69) is 51.8 Å². The lowest BCUT2D eigenvalue weighted by Gasteiger charge is -2.44. The van der Waals surface area contributed by atoms with Crippen LogP contribution in [0.15, 0.2) is 0 Å². The molecule has 0 radical (unpaired) electrons. The van der Waals surface area contributed by atoms with Gasteiger partial charge < -0.3 is 5.32 Å². The smallest absolute Gasteiger partial charge is 0.000510 e. The second-order valence-corrected chi connectivity index (χ2v) is 8.51. The average molecular weight is 272 g/mol. The zero-order valence-corrected chi connectivity index (χ0v) is 14.0. The molecule has 0 aromatic carbocycles. The molecule has 1 nitrogen and oxygen atoms in total. The second-order valence-electron chi connectivity index (χ2n) is 7.12. The number of hydrogen-bond acceptors (Lipinski definition) is 2. The summed E-state index contributed by atoms with van der Waals surface area (Å²) in [5.41, 5.74) is 1.10. The number of rotatable bonds is 6. The van der Waals surface area contributed by atoms with Crippen molar-refractivity contribution in [2.75, 3.05) is 25.1 Å². The van der Waals surface area contributed by atoms with Crippen LogP contribution in [-0.4, -0.2) is 25.1 Å². The van der Waals surface area contributed by atoms with E-state index in [0.717, 1.165) is 5.92 Å². The molecular weight excluding hydrogens is 238 g/mol. The zero-order valence-electron chi connectivity index (χ0n) is 13.1. The minimum Gasteiger partial charge on any atom is -0.319 e. The molecule has 1 rings (SSSR count). The summed E-state index contributed by atoms with van der Waals surface area (Å²) in [7, 11) is 2.12. The Balaban J connectivity index is 2.51. The van der Waals surface area contributed by atoms with Crippen molar-refractivity contribution in [1.82, 2.24) is 5.32 Å². The van der Waals surface area contributed by atoms with Gasteiger partial charge in [0.25, 0.3) is 0 Å². The number of hydrogen-bond donors (Lipinski definition) is 1. The predicted octanol–water partition coefficient (Wildman–Crippen LogP) is 4.57. The van der Waals surface area contributed by atoms with Gasteiger partial charge in [-0.3, -0.25) is 0 Å². The second kappa shape index (κ2) is 7.19. The Morgan fingerprint density at radius 1 is 1.22 bits per heavy atom. The van der Waals surface area contributed by atoms with Gasteiger partial charge >= 0.3 is 0 Å². The van der Waals surface area contributed by atoms with E-state index in [4.69, 9.17) is 0 Å². The maximum absolute atomic E-state index is 3.45. The molecular formula is C16H33NS. The normalized spacial score (nSPS) is 29.5. The van der Waals surface area contributed by atoms with Crippen LogP contribution in [-0.2, 0) is 0 Å². The van der Waals surface area contributed by atoms with Gasteiger partial charge in [-0.2, -0.15) is 11.8 Å². The minimum absolute atomic E-state index is 0.504. The highest BCUT2D eigenvalue weighted by atomic mass is 32.2. The third kappa shape index (κ3) is 4.77. The van der Waals surface area contributed by atoms with E-state index in [1.165, 1.54) is 50.2 Å². The average Bonchev–Trinajstić information content (AvgIpc) is 2.29. The largest absolute Gasteiger partial charge is 0.319 e. The van der Waals surface area contributed by atoms with Crippen molar-refractivity contribution >= 4 is 11.8 Å². The Morgan fingerprint density at radius 2 is 1.83 bits per heavy atom. The molecule has 0 spiro atoms. The van der Waals surface area contributed by atoms with Crippen LogP contribution < -0.4 is 5.32 Å². The van der Waals surface area contributed by atoms with Crippen molar-refractivity contribution in [3.63, 3.8) is 0 Å². The Hall–Kier alpha value is 0.310. The fourth-order valence-corrected chi connectivity index (χ4v) is 4.29. The summed E-state index contributed by atoms with van der Waals surface area (Å²) in [5.74, 6) is 3.54. The van der Waals surface area contributed by atoms with Gasteiger partial charge in [0.15, 0.2) is 0 Å². The highest BCUT2D eigenvalue weighted by Gasteiger charge is 2.37. The summed E-state index contributed by atoms with van der Waals surface area (Å²) in [5, 5.41) is 3.45. The third-order valence-electron chi connectivity index (χ3n) is 4.80. The van der Waals surface area contributed by atoms with E-state index in [1.54, 1.807) is 0 Å². The van der Waals surface area contributed by atoms with E-state index >= 15 is 0 Å². The van der Waals surface area contributed by atoms with Crippen LogP contribution in [0.25, 0.3) is 0 Å². The Morgan fingerprint density at radius 3 is 2.28 bits per heavy atom. The molecule has 18 heavy (non-hydrogen) atoms. The Bertz CT molecular complexity index is 224. The first kappa shape index (κ1) is 16.4. The predicted molar refractivity (Wildman–Crippen MR) is 85.4 cm³/mol. The van der Waals surface area contributed by atoms with Crippen molar-refractivity contribution in [3.05, 3.63) is 0 Å². The van der Waals surface area contributed by atoms with Gasteiger partial charge in [-0.25, -0.2) is 0 Å². The molecule has 0 saturated heterocycles. The van der Waals surface area contributed by atoms with E-state index in [1.807, 2.05) is 0 Å². The molecule has 0 unspecified atom stereocenters. The number of thioether (sulfide) groups is 1. The van der Waals surface area contributed by atoms with E-state index in [0.29, 0.717) is 10.8 Å². The van der Waals surface area contributed by atoms with Crippen molar-refractivity contribution in [1.29, 1.82) is 0 Å². The quantitative estimate of drug-likeness (QED) is 0.710. The van der Waals surface area contributed by atoms with E-state index < -0.39 is 0 Å². The molecule has 2 heteroatoms. The molecule has 0 aliphatic heterocycles. The maximum Gasteiger partial charge on any atom is 0.000510 e. The Kier molecular flexibility index (Phi) is 6.54. The van der Waals surface area contributed by atoms with E-state index in [9.17, 15) is 0 Å². The monoisotopic (exact) mass is 271 g/mol. The van der Waals surface area contributed by atoms with Crippen LogP contribution in [0.5, 0.6) is 0 Å². The van der Waals surface area contributed by atoms with Gasteiger partial charge in [0, 0.05) is 6.54 Å². The topological polar surface area (TPSA) is 12.0 Å². The third-order valence-corrected chi connectivity index (χ3v) is 5.70. The SMILES string of the molecule is CCSCCC1(CNC)CCC(C(C)(C)C)CC1. The lowest BCUT2D eigenvalue weighted by atomic mass is 9.63. The van der Waals surface area contributed by atoms with Gasteiger partial charge in [-0.1, -0.05) is 27.7 Å². The highest BCUT2D eigenvalue weighted by Crippen LogP contribution is 2.47. The summed E-state index contributed by atoms with van der Waals surface area (Å²) in [4.78, 5) is 0. The summed E-state index contributed by atoms with van der Waals surface area (Å²) in [6, 6.07) is 0. The molecule has 0 bridgehead atoms. The maximum atomic E-state index is 3.45. The summed E-state index contributed by atoms with van der Waals surface area (Å²) in [6.45, 7) is 10.7. The van der Waals surface area contributed by atoms with Crippen LogP contribution in [0.3, 0.4) is 0 Å². The molecule has 1 saturated carbocycles. The molecule has 1 N–H and O–H groups in total. The first-order valence-electron chi connectivity index (χ1n) is 7.66. The first-order valence-corrected chi connectivity index (χ1v) is 8.81. The molecule has 0 heterocycles. The molecule has 0 atom stereocenters. The van der Waals surface area contributed by atoms with Crippen LogP contribution in [0, 0.1) is 16.7 Å². The van der Waals surface area contributed by atoms with E-state index in [-0.39, 0.29) is 0 Å². The van der Waals surface area contributed by atoms with Crippen molar-refractivity contribution in [2.24, 2.45) is 16.7 Å². The van der Waals surface area contributed by atoms with Gasteiger partial charge in [-0.15, -0.1) is 0 Å². The zero-order chi connectivity index (χ0) is 13.6. The fraction of sp³-hybridized carbons (Fsp3) is 1.00. The van der Waals surface area contributed by atoms with Crippen LogP contribution in [0.1, 0.15) is 59.8 Å². The van der Waals surface area contributed by atoms with Crippen LogP contribution in [0.2, 0.25) is 0 Å². The summed E-state index contributed by atoms with van der Waals surface area (Å²) in [6.07, 6.45) is 7.13. The van der Waals surface area contributed by atoms with Crippen molar-refractivity contribution in [3.8, 4) is 0 Å².